The van der Waals surface area contributed by atoms with Crippen molar-refractivity contribution < 1.29 is 14.6 Å². The second kappa shape index (κ2) is 7.30. The van der Waals surface area contributed by atoms with Gasteiger partial charge in [-0.3, -0.25) is 4.79 Å². The lowest BCUT2D eigenvalue weighted by atomic mass is 10.0. The van der Waals surface area contributed by atoms with E-state index in [-0.39, 0.29) is 6.54 Å². The number of carboxylic acid groups (broad SMARTS) is 1. The van der Waals surface area contributed by atoms with Gasteiger partial charge in [0, 0.05) is 22.8 Å². The lowest BCUT2D eigenvalue weighted by Crippen LogP contribution is -2.12. The zero-order valence-electron chi connectivity index (χ0n) is 14.9. The van der Waals surface area contributed by atoms with E-state index >= 15 is 0 Å². The molecule has 0 radical (unpaired) electrons. The van der Waals surface area contributed by atoms with E-state index in [2.05, 4.69) is 24.1 Å². The van der Waals surface area contributed by atoms with Gasteiger partial charge in [-0.25, -0.2) is 0 Å². The van der Waals surface area contributed by atoms with E-state index in [9.17, 15) is 4.79 Å². The zero-order valence-corrected chi connectivity index (χ0v) is 15.6. The summed E-state index contributed by atoms with van der Waals surface area (Å²) in [4.78, 5) is 14.0. The first kappa shape index (κ1) is 18.1. The van der Waals surface area contributed by atoms with Gasteiger partial charge < -0.3 is 20.1 Å². The number of carbonyl (C=O) groups is 1. The summed E-state index contributed by atoms with van der Waals surface area (Å²) in [5.74, 6) is 0.743. The first-order chi connectivity index (χ1) is 12.3. The number of anilines is 1. The molecule has 5 nitrogen and oxygen atoms in total. The summed E-state index contributed by atoms with van der Waals surface area (Å²) in [6.07, 6.45) is 2.03. The van der Waals surface area contributed by atoms with Gasteiger partial charge in [-0.2, -0.15) is 0 Å². The lowest BCUT2D eigenvalue weighted by Gasteiger charge is -2.14. The molecule has 0 spiro atoms. The van der Waals surface area contributed by atoms with Crippen LogP contribution in [0.15, 0.2) is 36.5 Å². The molecular weight excluding hydrogens is 352 g/mol. The van der Waals surface area contributed by atoms with Gasteiger partial charge in [0.2, 0.25) is 0 Å². The third kappa shape index (κ3) is 3.78. The van der Waals surface area contributed by atoms with Gasteiger partial charge in [-0.1, -0.05) is 25.4 Å². The summed E-state index contributed by atoms with van der Waals surface area (Å²) in [6.45, 7) is 6.01. The van der Waals surface area contributed by atoms with E-state index in [1.807, 2.05) is 37.4 Å². The number of rotatable bonds is 6. The number of fused-ring (bicyclic) bond motifs is 1. The summed E-state index contributed by atoms with van der Waals surface area (Å²) < 4.78 is 6.04. The van der Waals surface area contributed by atoms with Gasteiger partial charge in [-0.15, -0.1) is 0 Å². The van der Waals surface area contributed by atoms with Gasteiger partial charge >= 0.3 is 5.97 Å². The molecule has 0 fully saturated rings. The van der Waals surface area contributed by atoms with Crippen molar-refractivity contribution in [3.05, 3.63) is 52.7 Å². The fourth-order valence-corrected chi connectivity index (χ4v) is 3.23. The predicted octanol–water partition coefficient (Wildman–Crippen LogP) is 5.54. The normalized spacial score (nSPS) is 11.1. The molecule has 3 N–H and O–H groups in total. The number of aliphatic carboxylic acids is 1. The van der Waals surface area contributed by atoms with Crippen molar-refractivity contribution in [2.45, 2.75) is 26.7 Å². The molecule has 0 atom stereocenters. The number of nitrogens with one attached hydrogen (secondary N) is 2. The number of carboxylic acids is 1. The number of aromatic nitrogens is 1. The Balaban J connectivity index is 1.89. The Morgan fingerprint density at radius 1 is 1.31 bits per heavy atom. The van der Waals surface area contributed by atoms with Gasteiger partial charge in [0.05, 0.1) is 5.02 Å². The topological polar surface area (TPSA) is 74.3 Å². The van der Waals surface area contributed by atoms with Gasteiger partial charge in [0.25, 0.3) is 0 Å². The highest BCUT2D eigenvalue weighted by atomic mass is 35.5. The predicted molar refractivity (Wildman–Crippen MR) is 105 cm³/mol. The maximum atomic E-state index is 10.7. The monoisotopic (exact) mass is 372 g/mol. The molecule has 1 aromatic heterocycles. The van der Waals surface area contributed by atoms with Crippen molar-refractivity contribution >= 4 is 34.2 Å². The molecule has 0 aliphatic rings. The Bertz CT molecular complexity index is 940. The molecule has 0 saturated heterocycles. The molecule has 0 saturated carbocycles. The molecule has 26 heavy (non-hydrogen) atoms. The number of benzene rings is 2. The summed E-state index contributed by atoms with van der Waals surface area (Å²) in [5.41, 5.74) is 3.77. The third-order valence-corrected chi connectivity index (χ3v) is 4.48. The van der Waals surface area contributed by atoms with Crippen LogP contribution < -0.4 is 10.1 Å². The molecular formula is C20H21ClN2O3. The number of halogens is 1. The fraction of sp³-hybridized carbons (Fsp3) is 0.250. The molecule has 6 heteroatoms. The highest BCUT2D eigenvalue weighted by Crippen LogP contribution is 2.37. The number of ether oxygens (including phenoxy) is 1. The largest absolute Gasteiger partial charge is 0.480 e. The number of H-pyrrole nitrogens is 1. The van der Waals surface area contributed by atoms with Gasteiger partial charge in [-0.05, 0) is 54.3 Å². The first-order valence-electron chi connectivity index (χ1n) is 8.40. The van der Waals surface area contributed by atoms with Crippen LogP contribution in [-0.2, 0) is 4.79 Å². The van der Waals surface area contributed by atoms with Crippen molar-refractivity contribution in [1.82, 2.24) is 4.98 Å². The molecule has 0 aliphatic carbocycles. The van der Waals surface area contributed by atoms with Crippen LogP contribution in [0.3, 0.4) is 0 Å². The van der Waals surface area contributed by atoms with Crippen LogP contribution in [-0.4, -0.2) is 22.6 Å². The van der Waals surface area contributed by atoms with Crippen molar-refractivity contribution in [3.8, 4) is 11.5 Å². The standard InChI is InChI=1S/C20H21ClN2O3/c1-11(2)16-9-23-18-5-4-14(8-15(16)18)26-20-12(3)6-13(7-17(20)21)22-10-19(24)25/h4-9,11,22-23H,10H2,1-3H3,(H,24,25). The van der Waals surface area contributed by atoms with Crippen LogP contribution in [0.4, 0.5) is 5.69 Å². The SMILES string of the molecule is Cc1cc(NCC(=O)O)cc(Cl)c1Oc1ccc2[nH]cc(C(C)C)c2c1. The Kier molecular flexibility index (Phi) is 5.09. The maximum absolute atomic E-state index is 10.7. The van der Waals surface area contributed by atoms with Crippen LogP contribution in [0, 0.1) is 6.92 Å². The molecule has 3 rings (SSSR count). The Labute approximate surface area is 156 Å². The molecule has 0 aliphatic heterocycles. The summed E-state index contributed by atoms with van der Waals surface area (Å²) in [7, 11) is 0. The average Bonchev–Trinajstić information content (AvgIpc) is 2.99. The Morgan fingerprint density at radius 2 is 2.08 bits per heavy atom. The molecule has 0 amide bonds. The molecule has 0 bridgehead atoms. The number of hydrogen-bond acceptors (Lipinski definition) is 3. The van der Waals surface area contributed by atoms with Crippen LogP contribution >= 0.6 is 11.6 Å². The van der Waals surface area contributed by atoms with E-state index in [1.165, 1.54) is 5.56 Å². The van der Waals surface area contributed by atoms with Crippen molar-refractivity contribution in [3.63, 3.8) is 0 Å². The van der Waals surface area contributed by atoms with E-state index in [0.29, 0.717) is 28.1 Å². The zero-order chi connectivity index (χ0) is 18.8. The summed E-state index contributed by atoms with van der Waals surface area (Å²) in [5, 5.41) is 13.1. The molecule has 2 aromatic carbocycles. The van der Waals surface area contributed by atoms with Gasteiger partial charge in [0.15, 0.2) is 0 Å². The quantitative estimate of drug-likeness (QED) is 0.531. The van der Waals surface area contributed by atoms with Crippen LogP contribution in [0.5, 0.6) is 11.5 Å². The minimum absolute atomic E-state index is 0.169. The maximum Gasteiger partial charge on any atom is 0.322 e. The number of aryl methyl sites for hydroxylation is 1. The fourth-order valence-electron chi connectivity index (χ4n) is 2.92. The third-order valence-electron chi connectivity index (χ3n) is 4.20. The molecule has 0 unspecified atom stereocenters. The molecule has 3 aromatic rings. The van der Waals surface area contributed by atoms with E-state index in [1.54, 1.807) is 6.07 Å². The van der Waals surface area contributed by atoms with Crippen molar-refractivity contribution in [2.75, 3.05) is 11.9 Å². The van der Waals surface area contributed by atoms with Crippen molar-refractivity contribution in [1.29, 1.82) is 0 Å². The van der Waals surface area contributed by atoms with E-state index in [0.717, 1.165) is 16.5 Å². The first-order valence-corrected chi connectivity index (χ1v) is 8.77. The average molecular weight is 373 g/mol. The molecule has 136 valence electrons. The van der Waals surface area contributed by atoms with Crippen LogP contribution in [0.1, 0.15) is 30.9 Å². The van der Waals surface area contributed by atoms with E-state index in [4.69, 9.17) is 21.4 Å². The van der Waals surface area contributed by atoms with Crippen molar-refractivity contribution in [2.24, 2.45) is 0 Å². The number of hydrogen-bond donors (Lipinski definition) is 3. The summed E-state index contributed by atoms with van der Waals surface area (Å²) >= 11 is 6.36. The lowest BCUT2D eigenvalue weighted by molar-refractivity contribution is -0.134. The summed E-state index contributed by atoms with van der Waals surface area (Å²) in [6, 6.07) is 9.38. The van der Waals surface area contributed by atoms with Crippen LogP contribution in [0.25, 0.3) is 10.9 Å². The van der Waals surface area contributed by atoms with Crippen LogP contribution in [0.2, 0.25) is 5.02 Å². The minimum Gasteiger partial charge on any atom is -0.480 e. The van der Waals surface area contributed by atoms with E-state index < -0.39 is 5.97 Å². The number of aromatic amines is 1. The highest BCUT2D eigenvalue weighted by molar-refractivity contribution is 6.32. The van der Waals surface area contributed by atoms with Gasteiger partial charge in [0.1, 0.15) is 18.0 Å². The minimum atomic E-state index is -0.931. The second-order valence-corrected chi connectivity index (χ2v) is 6.97. The smallest absolute Gasteiger partial charge is 0.322 e. The second-order valence-electron chi connectivity index (χ2n) is 6.56. The highest BCUT2D eigenvalue weighted by Gasteiger charge is 2.12. The Hall–Kier alpha value is -2.66. The molecule has 1 heterocycles. The Morgan fingerprint density at radius 3 is 2.73 bits per heavy atom.